The van der Waals surface area contributed by atoms with Crippen molar-refractivity contribution in [3.05, 3.63) is 52.3 Å². The van der Waals surface area contributed by atoms with E-state index in [2.05, 4.69) is 15.9 Å². The normalized spacial score (nSPS) is 10.3. The van der Waals surface area contributed by atoms with E-state index in [-0.39, 0.29) is 5.82 Å². The summed E-state index contributed by atoms with van der Waals surface area (Å²) < 4.78 is 19.5. The van der Waals surface area contributed by atoms with E-state index in [1.165, 1.54) is 6.07 Å². The second kappa shape index (κ2) is 4.75. The van der Waals surface area contributed by atoms with Gasteiger partial charge < -0.3 is 10.5 Å². The Bertz CT molecular complexity index is 557. The number of hydrogen-bond acceptors (Lipinski definition) is 2. The summed E-state index contributed by atoms with van der Waals surface area (Å²) in [6.07, 6.45) is 0. The molecule has 0 amide bonds. The Morgan fingerprint density at radius 3 is 2.59 bits per heavy atom. The molecular weight excluding hydrogens is 285 g/mol. The van der Waals surface area contributed by atoms with Crippen molar-refractivity contribution in [3.63, 3.8) is 0 Å². The fourth-order valence-corrected chi connectivity index (χ4v) is 1.88. The summed E-state index contributed by atoms with van der Waals surface area (Å²) in [5.74, 6) is 0.994. The van der Waals surface area contributed by atoms with Gasteiger partial charge in [0.2, 0.25) is 0 Å². The second-order valence-electron chi connectivity index (χ2n) is 3.70. The summed E-state index contributed by atoms with van der Waals surface area (Å²) >= 11 is 3.36. The summed E-state index contributed by atoms with van der Waals surface area (Å²) in [6.45, 7) is 1.69. The highest BCUT2D eigenvalue weighted by Gasteiger charge is 2.05. The highest BCUT2D eigenvalue weighted by molar-refractivity contribution is 9.10. The van der Waals surface area contributed by atoms with Crippen LogP contribution in [0.25, 0.3) is 0 Å². The molecule has 0 radical (unpaired) electrons. The lowest BCUT2D eigenvalue weighted by Gasteiger charge is -2.09. The molecule has 4 heteroatoms. The highest BCUT2D eigenvalue weighted by atomic mass is 79.9. The van der Waals surface area contributed by atoms with E-state index in [0.717, 1.165) is 4.47 Å². The molecule has 0 atom stereocenters. The Labute approximate surface area is 107 Å². The SMILES string of the molecule is Cc1cc(Oc2ccc(N)cc2Br)ccc1F. The smallest absolute Gasteiger partial charge is 0.141 e. The molecule has 0 unspecified atom stereocenters. The van der Waals surface area contributed by atoms with E-state index in [4.69, 9.17) is 10.5 Å². The number of rotatable bonds is 2. The average molecular weight is 296 g/mol. The van der Waals surface area contributed by atoms with Crippen LogP contribution in [0.2, 0.25) is 0 Å². The molecule has 2 rings (SSSR count). The summed E-state index contributed by atoms with van der Waals surface area (Å²) in [7, 11) is 0. The minimum Gasteiger partial charge on any atom is -0.456 e. The van der Waals surface area contributed by atoms with E-state index >= 15 is 0 Å². The molecule has 17 heavy (non-hydrogen) atoms. The van der Waals surface area contributed by atoms with E-state index in [9.17, 15) is 4.39 Å². The number of ether oxygens (including phenoxy) is 1. The lowest BCUT2D eigenvalue weighted by Crippen LogP contribution is -1.90. The molecule has 0 aromatic heterocycles. The number of benzene rings is 2. The van der Waals surface area contributed by atoms with Crippen LogP contribution in [0.15, 0.2) is 40.9 Å². The van der Waals surface area contributed by atoms with Gasteiger partial charge in [0.1, 0.15) is 17.3 Å². The van der Waals surface area contributed by atoms with Crippen LogP contribution >= 0.6 is 15.9 Å². The zero-order valence-electron chi connectivity index (χ0n) is 9.21. The molecule has 0 fully saturated rings. The topological polar surface area (TPSA) is 35.2 Å². The molecule has 88 valence electrons. The summed E-state index contributed by atoms with van der Waals surface area (Å²) in [5, 5.41) is 0. The van der Waals surface area contributed by atoms with Crippen molar-refractivity contribution in [2.75, 3.05) is 5.73 Å². The highest BCUT2D eigenvalue weighted by Crippen LogP contribution is 2.31. The first-order valence-corrected chi connectivity index (χ1v) is 5.84. The molecule has 0 spiro atoms. The van der Waals surface area contributed by atoms with Crippen LogP contribution in [0.1, 0.15) is 5.56 Å². The largest absolute Gasteiger partial charge is 0.456 e. The third-order valence-electron chi connectivity index (χ3n) is 2.31. The molecule has 0 saturated heterocycles. The number of anilines is 1. The van der Waals surface area contributed by atoms with E-state index in [0.29, 0.717) is 22.7 Å². The van der Waals surface area contributed by atoms with Gasteiger partial charge in [-0.3, -0.25) is 0 Å². The number of halogens is 2. The molecular formula is C13H11BrFNO. The Morgan fingerprint density at radius 1 is 1.18 bits per heavy atom. The van der Waals surface area contributed by atoms with Crippen LogP contribution in [0.3, 0.4) is 0 Å². The van der Waals surface area contributed by atoms with Crippen LogP contribution in [0.5, 0.6) is 11.5 Å². The zero-order chi connectivity index (χ0) is 12.4. The van der Waals surface area contributed by atoms with Gasteiger partial charge in [0.15, 0.2) is 0 Å². The summed E-state index contributed by atoms with van der Waals surface area (Å²) in [4.78, 5) is 0. The molecule has 0 bridgehead atoms. The monoisotopic (exact) mass is 295 g/mol. The minimum atomic E-state index is -0.242. The van der Waals surface area contributed by atoms with Crippen molar-refractivity contribution in [1.29, 1.82) is 0 Å². The van der Waals surface area contributed by atoms with Crippen molar-refractivity contribution < 1.29 is 9.13 Å². The van der Waals surface area contributed by atoms with Crippen molar-refractivity contribution in [2.45, 2.75) is 6.92 Å². The summed E-state index contributed by atoms with van der Waals surface area (Å²) in [6, 6.07) is 9.89. The van der Waals surface area contributed by atoms with Crippen LogP contribution in [0, 0.1) is 12.7 Å². The average Bonchev–Trinajstić information content (AvgIpc) is 2.27. The zero-order valence-corrected chi connectivity index (χ0v) is 10.8. The third-order valence-corrected chi connectivity index (χ3v) is 2.93. The van der Waals surface area contributed by atoms with Crippen LogP contribution in [-0.2, 0) is 0 Å². The predicted molar refractivity (Wildman–Crippen MR) is 69.8 cm³/mol. The standard InChI is InChI=1S/C13H11BrFNO/c1-8-6-10(3-4-12(8)15)17-13-5-2-9(16)7-11(13)14/h2-7H,16H2,1H3. The predicted octanol–water partition coefficient (Wildman–Crippen LogP) is 4.27. The first kappa shape index (κ1) is 11.9. The van der Waals surface area contributed by atoms with Gasteiger partial charge in [-0.2, -0.15) is 0 Å². The fraction of sp³-hybridized carbons (Fsp3) is 0.0769. The van der Waals surface area contributed by atoms with Crippen molar-refractivity contribution in [1.82, 2.24) is 0 Å². The van der Waals surface area contributed by atoms with E-state index < -0.39 is 0 Å². The van der Waals surface area contributed by atoms with Gasteiger partial charge in [-0.05, 0) is 64.8 Å². The molecule has 2 N–H and O–H groups in total. The lowest BCUT2D eigenvalue weighted by molar-refractivity contribution is 0.477. The Kier molecular flexibility index (Phi) is 3.33. The first-order chi connectivity index (χ1) is 8.06. The maximum atomic E-state index is 13.1. The maximum Gasteiger partial charge on any atom is 0.141 e. The van der Waals surface area contributed by atoms with Crippen LogP contribution in [0.4, 0.5) is 10.1 Å². The Hall–Kier alpha value is -1.55. The number of nitrogens with two attached hydrogens (primary N) is 1. The van der Waals surface area contributed by atoms with Crippen LogP contribution in [-0.4, -0.2) is 0 Å². The van der Waals surface area contributed by atoms with Gasteiger partial charge in [-0.15, -0.1) is 0 Å². The van der Waals surface area contributed by atoms with Crippen molar-refractivity contribution >= 4 is 21.6 Å². The molecule has 2 aromatic carbocycles. The lowest BCUT2D eigenvalue weighted by atomic mass is 10.2. The Morgan fingerprint density at radius 2 is 1.94 bits per heavy atom. The molecule has 0 heterocycles. The van der Waals surface area contributed by atoms with Crippen molar-refractivity contribution in [3.8, 4) is 11.5 Å². The second-order valence-corrected chi connectivity index (χ2v) is 4.56. The quantitative estimate of drug-likeness (QED) is 0.840. The molecule has 2 nitrogen and oxygen atoms in total. The van der Waals surface area contributed by atoms with Crippen LogP contribution < -0.4 is 10.5 Å². The number of aryl methyl sites for hydroxylation is 1. The molecule has 2 aromatic rings. The molecule has 0 aliphatic carbocycles. The summed E-state index contributed by atoms with van der Waals surface area (Å²) in [5.41, 5.74) is 6.83. The van der Waals surface area contributed by atoms with Gasteiger partial charge in [0.05, 0.1) is 4.47 Å². The van der Waals surface area contributed by atoms with E-state index in [1.807, 2.05) is 0 Å². The van der Waals surface area contributed by atoms with Gasteiger partial charge in [-0.25, -0.2) is 4.39 Å². The van der Waals surface area contributed by atoms with Gasteiger partial charge >= 0.3 is 0 Å². The number of nitrogen functional groups attached to an aromatic ring is 1. The van der Waals surface area contributed by atoms with E-state index in [1.54, 1.807) is 37.3 Å². The van der Waals surface area contributed by atoms with Gasteiger partial charge in [0.25, 0.3) is 0 Å². The molecule has 0 aliphatic heterocycles. The van der Waals surface area contributed by atoms with Crippen molar-refractivity contribution in [2.24, 2.45) is 0 Å². The Balaban J connectivity index is 2.28. The molecule has 0 aliphatic rings. The first-order valence-electron chi connectivity index (χ1n) is 5.05. The van der Waals surface area contributed by atoms with Gasteiger partial charge in [-0.1, -0.05) is 0 Å². The van der Waals surface area contributed by atoms with Gasteiger partial charge in [0, 0.05) is 5.69 Å². The third kappa shape index (κ3) is 2.77. The number of hydrogen-bond donors (Lipinski definition) is 1. The molecule has 0 saturated carbocycles. The fourth-order valence-electron chi connectivity index (χ4n) is 1.41. The maximum absolute atomic E-state index is 13.1. The minimum absolute atomic E-state index is 0.242.